The fraction of sp³-hybridized carbons (Fsp3) is 0.176. The number of aldehydes is 1. The lowest BCUT2D eigenvalue weighted by Gasteiger charge is -2.13. The second kappa shape index (κ2) is 7.65. The molecule has 0 aromatic heterocycles. The molecular weight excluding hydrogens is 318 g/mol. The maximum atomic E-state index is 12.2. The Kier molecular flexibility index (Phi) is 5.60. The number of hydrogen-bond donors (Lipinski definition) is 1. The predicted molar refractivity (Wildman–Crippen MR) is 88.7 cm³/mol. The third kappa shape index (κ3) is 4.23. The Balaban J connectivity index is 2.21. The number of carbonyl (C=O) groups is 2. The fourth-order valence-corrected chi connectivity index (χ4v) is 2.34. The van der Waals surface area contributed by atoms with Crippen LogP contribution in [0.3, 0.4) is 0 Å². The number of nitrogens with one attached hydrogen (secondary N) is 1. The Morgan fingerprint density at radius 3 is 2.48 bits per heavy atom. The number of benzene rings is 2. The molecule has 0 heterocycles. The van der Waals surface area contributed by atoms with Crippen LogP contribution in [0.15, 0.2) is 36.4 Å². The maximum absolute atomic E-state index is 12.2. The van der Waals surface area contributed by atoms with E-state index in [9.17, 15) is 9.59 Å². The normalized spacial score (nSPS) is 10.0. The van der Waals surface area contributed by atoms with Crippen molar-refractivity contribution >= 4 is 29.5 Å². The highest BCUT2D eigenvalue weighted by atomic mass is 35.5. The summed E-state index contributed by atoms with van der Waals surface area (Å²) in [5.41, 5.74) is 1.45. The van der Waals surface area contributed by atoms with E-state index in [0.717, 1.165) is 5.56 Å². The third-order valence-electron chi connectivity index (χ3n) is 3.21. The van der Waals surface area contributed by atoms with Gasteiger partial charge in [-0.05, 0) is 23.8 Å². The summed E-state index contributed by atoms with van der Waals surface area (Å²) in [4.78, 5) is 23.4. The van der Waals surface area contributed by atoms with Crippen LogP contribution in [0.1, 0.15) is 15.9 Å². The molecule has 0 saturated heterocycles. The summed E-state index contributed by atoms with van der Waals surface area (Å²) in [6.07, 6.45) is 0.796. The molecule has 1 amide bonds. The smallest absolute Gasteiger partial charge is 0.228 e. The third-order valence-corrected chi connectivity index (χ3v) is 3.45. The summed E-state index contributed by atoms with van der Waals surface area (Å²) < 4.78 is 10.3. The lowest BCUT2D eigenvalue weighted by atomic mass is 10.1. The molecule has 120 valence electrons. The van der Waals surface area contributed by atoms with Crippen LogP contribution in [-0.2, 0) is 11.2 Å². The van der Waals surface area contributed by atoms with Gasteiger partial charge in [0.05, 0.1) is 26.3 Å². The highest BCUT2D eigenvalue weighted by Gasteiger charge is 2.13. The van der Waals surface area contributed by atoms with E-state index in [0.29, 0.717) is 34.1 Å². The van der Waals surface area contributed by atoms with Crippen molar-refractivity contribution in [3.8, 4) is 11.5 Å². The van der Waals surface area contributed by atoms with E-state index in [2.05, 4.69) is 5.32 Å². The molecule has 0 aliphatic carbocycles. The molecular formula is C17H16ClNO4. The SMILES string of the molecule is COc1cc(C=O)c(NC(=O)Cc2cccc(Cl)c2)cc1OC. The Bertz CT molecular complexity index is 731. The van der Waals surface area contributed by atoms with Crippen LogP contribution in [-0.4, -0.2) is 26.4 Å². The number of ether oxygens (including phenoxy) is 2. The Hall–Kier alpha value is -2.53. The molecule has 2 rings (SSSR count). The van der Waals surface area contributed by atoms with E-state index in [4.69, 9.17) is 21.1 Å². The summed E-state index contributed by atoms with van der Waals surface area (Å²) in [6.45, 7) is 0. The number of halogens is 1. The molecule has 1 N–H and O–H groups in total. The number of rotatable bonds is 6. The zero-order valence-electron chi connectivity index (χ0n) is 12.8. The van der Waals surface area contributed by atoms with E-state index < -0.39 is 0 Å². The molecule has 0 aliphatic rings. The number of methoxy groups -OCH3 is 2. The molecule has 2 aromatic rings. The van der Waals surface area contributed by atoms with E-state index >= 15 is 0 Å². The van der Waals surface area contributed by atoms with Crippen molar-refractivity contribution < 1.29 is 19.1 Å². The summed E-state index contributed by atoms with van der Waals surface area (Å²) in [7, 11) is 2.96. The molecule has 0 atom stereocenters. The Labute approximate surface area is 139 Å². The van der Waals surface area contributed by atoms with Crippen LogP contribution >= 0.6 is 11.6 Å². The van der Waals surface area contributed by atoms with Gasteiger partial charge in [-0.15, -0.1) is 0 Å². The fourth-order valence-electron chi connectivity index (χ4n) is 2.13. The second-order valence-electron chi connectivity index (χ2n) is 4.77. The van der Waals surface area contributed by atoms with Crippen molar-refractivity contribution in [1.82, 2.24) is 0 Å². The molecule has 2 aromatic carbocycles. The largest absolute Gasteiger partial charge is 0.493 e. The maximum Gasteiger partial charge on any atom is 0.228 e. The van der Waals surface area contributed by atoms with Gasteiger partial charge in [-0.3, -0.25) is 9.59 Å². The number of hydrogen-bond acceptors (Lipinski definition) is 4. The van der Waals surface area contributed by atoms with Crippen molar-refractivity contribution in [2.75, 3.05) is 19.5 Å². The first-order chi connectivity index (χ1) is 11.1. The lowest BCUT2D eigenvalue weighted by Crippen LogP contribution is -2.15. The monoisotopic (exact) mass is 333 g/mol. The van der Waals surface area contributed by atoms with E-state index in [-0.39, 0.29) is 12.3 Å². The summed E-state index contributed by atoms with van der Waals surface area (Å²) in [5.74, 6) is 0.584. The van der Waals surface area contributed by atoms with Crippen molar-refractivity contribution in [3.05, 3.63) is 52.5 Å². The highest BCUT2D eigenvalue weighted by Crippen LogP contribution is 2.32. The average molecular weight is 334 g/mol. The number of anilines is 1. The van der Waals surface area contributed by atoms with Crippen molar-refractivity contribution in [1.29, 1.82) is 0 Å². The van der Waals surface area contributed by atoms with E-state index in [1.807, 2.05) is 0 Å². The lowest BCUT2D eigenvalue weighted by molar-refractivity contribution is -0.115. The van der Waals surface area contributed by atoms with Crippen molar-refractivity contribution in [3.63, 3.8) is 0 Å². The van der Waals surface area contributed by atoms with Gasteiger partial charge in [0.25, 0.3) is 0 Å². The molecule has 0 spiro atoms. The average Bonchev–Trinajstić information content (AvgIpc) is 2.54. The zero-order chi connectivity index (χ0) is 16.8. The summed E-state index contributed by atoms with van der Waals surface area (Å²) in [6, 6.07) is 10.1. The van der Waals surface area contributed by atoms with Crippen LogP contribution in [0.4, 0.5) is 5.69 Å². The van der Waals surface area contributed by atoms with Gasteiger partial charge in [0.15, 0.2) is 17.8 Å². The molecule has 0 radical (unpaired) electrons. The highest BCUT2D eigenvalue weighted by molar-refractivity contribution is 6.30. The van der Waals surface area contributed by atoms with Gasteiger partial charge in [0.2, 0.25) is 5.91 Å². The van der Waals surface area contributed by atoms with E-state index in [1.165, 1.54) is 20.3 Å². The first-order valence-electron chi connectivity index (χ1n) is 6.83. The molecule has 0 bridgehead atoms. The Morgan fingerprint density at radius 1 is 1.17 bits per heavy atom. The summed E-state index contributed by atoms with van der Waals surface area (Å²) in [5, 5.41) is 3.27. The van der Waals surface area contributed by atoms with Gasteiger partial charge < -0.3 is 14.8 Å². The zero-order valence-corrected chi connectivity index (χ0v) is 13.5. The predicted octanol–water partition coefficient (Wildman–Crippen LogP) is 3.35. The van der Waals surface area contributed by atoms with Gasteiger partial charge in [-0.2, -0.15) is 0 Å². The molecule has 0 saturated carbocycles. The summed E-state index contributed by atoms with van der Waals surface area (Å²) >= 11 is 5.90. The number of amides is 1. The molecule has 5 nitrogen and oxygen atoms in total. The van der Waals surface area contributed by atoms with Gasteiger partial charge in [-0.25, -0.2) is 0 Å². The molecule has 23 heavy (non-hydrogen) atoms. The van der Waals surface area contributed by atoms with Crippen molar-refractivity contribution in [2.45, 2.75) is 6.42 Å². The second-order valence-corrected chi connectivity index (χ2v) is 5.20. The van der Waals surface area contributed by atoms with Crippen LogP contribution in [0.5, 0.6) is 11.5 Å². The van der Waals surface area contributed by atoms with Crippen LogP contribution < -0.4 is 14.8 Å². The van der Waals surface area contributed by atoms with Crippen LogP contribution in [0, 0.1) is 0 Å². The standard InChI is InChI=1S/C17H16ClNO4/c1-22-15-8-12(10-20)14(9-16(15)23-2)19-17(21)7-11-4-3-5-13(18)6-11/h3-6,8-10H,7H2,1-2H3,(H,19,21). The van der Waals surface area contributed by atoms with Gasteiger partial charge in [-0.1, -0.05) is 23.7 Å². The quantitative estimate of drug-likeness (QED) is 0.823. The minimum atomic E-state index is -0.261. The van der Waals surface area contributed by atoms with Crippen LogP contribution in [0.2, 0.25) is 5.02 Å². The van der Waals surface area contributed by atoms with Gasteiger partial charge in [0, 0.05) is 16.7 Å². The molecule has 0 unspecified atom stereocenters. The first kappa shape index (κ1) is 16.8. The molecule has 0 aliphatic heterocycles. The molecule has 6 heteroatoms. The minimum absolute atomic E-state index is 0.146. The van der Waals surface area contributed by atoms with Crippen LogP contribution in [0.25, 0.3) is 0 Å². The minimum Gasteiger partial charge on any atom is -0.493 e. The first-order valence-corrected chi connectivity index (χ1v) is 7.20. The Morgan fingerprint density at radius 2 is 1.87 bits per heavy atom. The molecule has 0 fully saturated rings. The van der Waals surface area contributed by atoms with E-state index in [1.54, 1.807) is 30.3 Å². The van der Waals surface area contributed by atoms with Crippen molar-refractivity contribution in [2.24, 2.45) is 0 Å². The topological polar surface area (TPSA) is 64.6 Å². The van der Waals surface area contributed by atoms with Gasteiger partial charge in [0.1, 0.15) is 0 Å². The van der Waals surface area contributed by atoms with Gasteiger partial charge >= 0.3 is 0 Å². The number of carbonyl (C=O) groups excluding carboxylic acids is 2.